The first kappa shape index (κ1) is 17.7. The first-order chi connectivity index (χ1) is 10.7. The molecule has 0 fully saturated rings. The van der Waals surface area contributed by atoms with E-state index in [-0.39, 0.29) is 0 Å². The van der Waals surface area contributed by atoms with E-state index >= 15 is 0 Å². The highest BCUT2D eigenvalue weighted by atomic mass is 32.1. The molecule has 2 heterocycles. The van der Waals surface area contributed by atoms with E-state index < -0.39 is 0 Å². The minimum Gasteiger partial charge on any atom is -0.139 e. The van der Waals surface area contributed by atoms with Crippen LogP contribution in [0.2, 0.25) is 0 Å². The SMILES string of the molecule is CCCCCCc1cc(C)sc1-c1cc(CCCC)c(C)s1. The second-order valence-corrected chi connectivity index (χ2v) is 8.83. The molecule has 0 saturated heterocycles. The number of hydrogen-bond donors (Lipinski definition) is 0. The van der Waals surface area contributed by atoms with Crippen molar-refractivity contribution in [1.29, 1.82) is 0 Å². The largest absolute Gasteiger partial charge is 0.139 e. The van der Waals surface area contributed by atoms with E-state index in [0.29, 0.717) is 0 Å². The number of unbranched alkanes of at least 4 members (excludes halogenated alkanes) is 4. The van der Waals surface area contributed by atoms with Gasteiger partial charge < -0.3 is 0 Å². The van der Waals surface area contributed by atoms with Crippen LogP contribution in [0.1, 0.15) is 73.3 Å². The van der Waals surface area contributed by atoms with Crippen molar-refractivity contribution in [2.75, 3.05) is 0 Å². The summed E-state index contributed by atoms with van der Waals surface area (Å²) >= 11 is 3.99. The molecule has 2 aromatic heterocycles. The first-order valence-electron chi connectivity index (χ1n) is 8.84. The van der Waals surface area contributed by atoms with E-state index in [1.54, 1.807) is 16.0 Å². The van der Waals surface area contributed by atoms with E-state index in [0.717, 1.165) is 0 Å². The summed E-state index contributed by atoms with van der Waals surface area (Å²) in [7, 11) is 0. The Morgan fingerprint density at radius 1 is 0.773 bits per heavy atom. The lowest BCUT2D eigenvalue weighted by atomic mass is 10.0. The van der Waals surface area contributed by atoms with Crippen molar-refractivity contribution < 1.29 is 0 Å². The molecule has 0 atom stereocenters. The molecule has 2 rings (SSSR count). The summed E-state index contributed by atoms with van der Waals surface area (Å²) in [5.41, 5.74) is 3.16. The van der Waals surface area contributed by atoms with Gasteiger partial charge in [0.25, 0.3) is 0 Å². The topological polar surface area (TPSA) is 0 Å². The molecular weight excluding hydrogens is 304 g/mol. The fourth-order valence-electron chi connectivity index (χ4n) is 2.95. The van der Waals surface area contributed by atoms with Crippen LogP contribution in [-0.4, -0.2) is 0 Å². The molecule has 122 valence electrons. The Morgan fingerprint density at radius 3 is 2.23 bits per heavy atom. The summed E-state index contributed by atoms with van der Waals surface area (Å²) in [5, 5.41) is 0. The van der Waals surface area contributed by atoms with Crippen LogP contribution >= 0.6 is 22.7 Å². The third-order valence-electron chi connectivity index (χ3n) is 4.28. The van der Waals surface area contributed by atoms with Gasteiger partial charge in [-0.2, -0.15) is 0 Å². The Bertz CT molecular complexity index is 575. The maximum absolute atomic E-state index is 2.47. The highest BCUT2D eigenvalue weighted by molar-refractivity contribution is 7.22. The lowest BCUT2D eigenvalue weighted by Gasteiger charge is -2.02. The minimum absolute atomic E-state index is 1.25. The molecule has 0 aromatic carbocycles. The number of thiophene rings is 2. The summed E-state index contributed by atoms with van der Waals surface area (Å²) in [6, 6.07) is 4.89. The van der Waals surface area contributed by atoms with Crippen molar-refractivity contribution in [3.05, 3.63) is 33.0 Å². The molecule has 0 nitrogen and oxygen atoms in total. The first-order valence-corrected chi connectivity index (χ1v) is 10.5. The van der Waals surface area contributed by atoms with Crippen molar-refractivity contribution in [2.45, 2.75) is 79.1 Å². The summed E-state index contributed by atoms with van der Waals surface area (Å²) in [4.78, 5) is 6.03. The van der Waals surface area contributed by atoms with Gasteiger partial charge in [-0.3, -0.25) is 0 Å². The standard InChI is InChI=1S/C20H30S2/c1-5-7-9-10-12-18-13-15(3)21-20(18)19-14-17(11-8-6-2)16(4)22-19/h13-14H,5-12H2,1-4H3. The van der Waals surface area contributed by atoms with E-state index in [9.17, 15) is 0 Å². The van der Waals surface area contributed by atoms with Crippen molar-refractivity contribution in [2.24, 2.45) is 0 Å². The zero-order chi connectivity index (χ0) is 15.9. The molecule has 0 N–H and O–H groups in total. The van der Waals surface area contributed by atoms with Crippen molar-refractivity contribution in [3.63, 3.8) is 0 Å². The van der Waals surface area contributed by atoms with Gasteiger partial charge >= 0.3 is 0 Å². The van der Waals surface area contributed by atoms with Gasteiger partial charge in [-0.25, -0.2) is 0 Å². The van der Waals surface area contributed by atoms with E-state index in [4.69, 9.17) is 0 Å². The van der Waals surface area contributed by atoms with Crippen LogP contribution in [0.25, 0.3) is 9.75 Å². The predicted molar refractivity (Wildman–Crippen MR) is 104 cm³/mol. The molecule has 0 spiro atoms. The van der Waals surface area contributed by atoms with Crippen molar-refractivity contribution in [3.8, 4) is 9.75 Å². The molecule has 0 radical (unpaired) electrons. The fraction of sp³-hybridized carbons (Fsp3) is 0.600. The smallest absolute Gasteiger partial charge is 0.0477 e. The van der Waals surface area contributed by atoms with Crippen molar-refractivity contribution >= 4 is 22.7 Å². The van der Waals surface area contributed by atoms with E-state index in [1.807, 2.05) is 22.7 Å². The van der Waals surface area contributed by atoms with Crippen LogP contribution < -0.4 is 0 Å². The molecule has 0 aliphatic rings. The average molecular weight is 335 g/mol. The lowest BCUT2D eigenvalue weighted by molar-refractivity contribution is 0.668. The van der Waals surface area contributed by atoms with Gasteiger partial charge in [-0.15, -0.1) is 22.7 Å². The quantitative estimate of drug-likeness (QED) is 0.415. The van der Waals surface area contributed by atoms with Crippen LogP contribution in [-0.2, 0) is 12.8 Å². The Labute approximate surface area is 144 Å². The third kappa shape index (κ3) is 4.70. The van der Waals surface area contributed by atoms with Gasteiger partial charge in [0.15, 0.2) is 0 Å². The zero-order valence-electron chi connectivity index (χ0n) is 14.6. The van der Waals surface area contributed by atoms with Gasteiger partial charge in [0.05, 0.1) is 0 Å². The van der Waals surface area contributed by atoms with Gasteiger partial charge in [0, 0.05) is 19.5 Å². The maximum atomic E-state index is 2.47. The van der Waals surface area contributed by atoms with Gasteiger partial charge in [-0.05, 0) is 62.8 Å². The summed E-state index contributed by atoms with van der Waals surface area (Å²) in [6.45, 7) is 9.11. The van der Waals surface area contributed by atoms with Gasteiger partial charge in [0.1, 0.15) is 0 Å². The Hall–Kier alpha value is -0.600. The molecule has 0 amide bonds. The second-order valence-electron chi connectivity index (χ2n) is 6.32. The summed E-state index contributed by atoms with van der Waals surface area (Å²) < 4.78 is 0. The summed E-state index contributed by atoms with van der Waals surface area (Å²) in [5.74, 6) is 0. The monoisotopic (exact) mass is 334 g/mol. The fourth-order valence-corrected chi connectivity index (χ4v) is 5.22. The molecule has 22 heavy (non-hydrogen) atoms. The average Bonchev–Trinajstić information content (AvgIpc) is 3.04. The highest BCUT2D eigenvalue weighted by Crippen LogP contribution is 2.39. The molecule has 0 aliphatic carbocycles. The van der Waals surface area contributed by atoms with E-state index in [1.165, 1.54) is 66.0 Å². The summed E-state index contributed by atoms with van der Waals surface area (Å²) in [6.07, 6.45) is 10.5. The second kappa shape index (κ2) is 8.88. The number of rotatable bonds is 9. The van der Waals surface area contributed by atoms with Crippen LogP contribution in [0, 0.1) is 13.8 Å². The molecule has 0 saturated carbocycles. The van der Waals surface area contributed by atoms with Crippen LogP contribution in [0.3, 0.4) is 0 Å². The molecule has 2 aromatic rings. The van der Waals surface area contributed by atoms with Crippen LogP contribution in [0.5, 0.6) is 0 Å². The Balaban J connectivity index is 2.14. The van der Waals surface area contributed by atoms with Gasteiger partial charge in [0.2, 0.25) is 0 Å². The van der Waals surface area contributed by atoms with Crippen LogP contribution in [0.15, 0.2) is 12.1 Å². The Kier molecular flexibility index (Phi) is 7.17. The minimum atomic E-state index is 1.25. The maximum Gasteiger partial charge on any atom is 0.0477 e. The number of aryl methyl sites for hydroxylation is 4. The predicted octanol–water partition coefficient (Wildman–Crippen LogP) is 7.56. The molecular formula is C20H30S2. The molecule has 0 bridgehead atoms. The Morgan fingerprint density at radius 2 is 1.50 bits per heavy atom. The zero-order valence-corrected chi connectivity index (χ0v) is 16.3. The molecule has 0 unspecified atom stereocenters. The van der Waals surface area contributed by atoms with Crippen molar-refractivity contribution in [1.82, 2.24) is 0 Å². The normalized spacial score (nSPS) is 11.3. The molecule has 2 heteroatoms. The third-order valence-corrected chi connectivity index (χ3v) is 6.64. The van der Waals surface area contributed by atoms with Crippen LogP contribution in [0.4, 0.5) is 0 Å². The van der Waals surface area contributed by atoms with E-state index in [2.05, 4.69) is 39.8 Å². The molecule has 0 aliphatic heterocycles. The lowest BCUT2D eigenvalue weighted by Crippen LogP contribution is -1.85. The number of hydrogen-bond acceptors (Lipinski definition) is 2. The highest BCUT2D eigenvalue weighted by Gasteiger charge is 2.13. The van der Waals surface area contributed by atoms with Gasteiger partial charge in [-0.1, -0.05) is 39.5 Å².